The van der Waals surface area contributed by atoms with Crippen molar-refractivity contribution in [3.63, 3.8) is 0 Å². The summed E-state index contributed by atoms with van der Waals surface area (Å²) in [5.74, 6) is 0. The van der Waals surface area contributed by atoms with E-state index >= 15 is 0 Å². The van der Waals surface area contributed by atoms with Crippen molar-refractivity contribution in [3.8, 4) is 5.69 Å². The first-order valence-electron chi connectivity index (χ1n) is 4.15. The average Bonchev–Trinajstić information content (AvgIpc) is 2.65. The summed E-state index contributed by atoms with van der Waals surface area (Å²) in [5.41, 5.74) is 7.60. The van der Waals surface area contributed by atoms with Crippen LogP contribution in [0.25, 0.3) is 5.69 Å². The van der Waals surface area contributed by atoms with Crippen LogP contribution in [0.15, 0.2) is 30.9 Å². The van der Waals surface area contributed by atoms with Crippen LogP contribution in [0.4, 0.5) is 0 Å². The van der Waals surface area contributed by atoms with Crippen LogP contribution in [-0.2, 0) is 6.54 Å². The molecule has 5 heteroatoms. The molecule has 2 aromatic heterocycles. The molecule has 0 aliphatic rings. The van der Waals surface area contributed by atoms with Crippen LogP contribution in [-0.4, -0.2) is 14.8 Å². The number of halogens is 1. The SMILES string of the molecule is NCc1cnccc1-n1cc(I)cn1. The Labute approximate surface area is 95.3 Å². The molecule has 0 fully saturated rings. The van der Waals surface area contributed by atoms with E-state index in [-0.39, 0.29) is 0 Å². The van der Waals surface area contributed by atoms with Gasteiger partial charge in [0, 0.05) is 30.7 Å². The number of nitrogens with two attached hydrogens (primary N) is 1. The molecule has 0 atom stereocenters. The first-order chi connectivity index (χ1) is 6.81. The fourth-order valence-corrected chi connectivity index (χ4v) is 1.62. The molecule has 0 spiro atoms. The molecule has 0 amide bonds. The Morgan fingerprint density at radius 2 is 2.29 bits per heavy atom. The van der Waals surface area contributed by atoms with Crippen molar-refractivity contribution in [2.45, 2.75) is 6.54 Å². The van der Waals surface area contributed by atoms with Gasteiger partial charge in [0.15, 0.2) is 0 Å². The van der Waals surface area contributed by atoms with Crippen LogP contribution >= 0.6 is 22.6 Å². The zero-order valence-electron chi connectivity index (χ0n) is 7.39. The lowest BCUT2D eigenvalue weighted by Gasteiger charge is -2.05. The summed E-state index contributed by atoms with van der Waals surface area (Å²) < 4.78 is 2.91. The average molecular weight is 300 g/mol. The molecule has 14 heavy (non-hydrogen) atoms. The van der Waals surface area contributed by atoms with E-state index < -0.39 is 0 Å². The lowest BCUT2D eigenvalue weighted by Crippen LogP contribution is -2.05. The summed E-state index contributed by atoms with van der Waals surface area (Å²) in [4.78, 5) is 4.03. The third kappa shape index (κ3) is 1.78. The molecule has 72 valence electrons. The van der Waals surface area contributed by atoms with E-state index in [0.717, 1.165) is 14.8 Å². The summed E-state index contributed by atoms with van der Waals surface area (Å²) in [5, 5.41) is 4.22. The first kappa shape index (κ1) is 9.60. The van der Waals surface area contributed by atoms with E-state index in [4.69, 9.17) is 5.73 Å². The van der Waals surface area contributed by atoms with Crippen LogP contribution in [0.1, 0.15) is 5.56 Å². The fraction of sp³-hybridized carbons (Fsp3) is 0.111. The minimum atomic E-state index is 0.472. The maximum Gasteiger partial charge on any atom is 0.0721 e. The molecule has 0 bridgehead atoms. The summed E-state index contributed by atoms with van der Waals surface area (Å²) in [6.07, 6.45) is 7.27. The number of hydrogen-bond acceptors (Lipinski definition) is 3. The lowest BCUT2D eigenvalue weighted by atomic mass is 10.2. The fourth-order valence-electron chi connectivity index (χ4n) is 1.23. The quantitative estimate of drug-likeness (QED) is 0.851. The zero-order chi connectivity index (χ0) is 9.97. The largest absolute Gasteiger partial charge is 0.326 e. The number of pyridine rings is 1. The summed E-state index contributed by atoms with van der Waals surface area (Å²) in [6, 6.07) is 1.91. The van der Waals surface area contributed by atoms with E-state index in [2.05, 4.69) is 32.7 Å². The van der Waals surface area contributed by atoms with Crippen LogP contribution in [0, 0.1) is 3.57 Å². The third-order valence-electron chi connectivity index (χ3n) is 1.90. The summed E-state index contributed by atoms with van der Waals surface area (Å²) in [6.45, 7) is 0.472. The minimum absolute atomic E-state index is 0.472. The number of aromatic nitrogens is 3. The summed E-state index contributed by atoms with van der Waals surface area (Å²) >= 11 is 2.22. The van der Waals surface area contributed by atoms with Gasteiger partial charge >= 0.3 is 0 Å². The van der Waals surface area contributed by atoms with Crippen molar-refractivity contribution in [1.29, 1.82) is 0 Å². The normalized spacial score (nSPS) is 10.4. The second-order valence-electron chi connectivity index (χ2n) is 2.81. The summed E-state index contributed by atoms with van der Waals surface area (Å²) in [7, 11) is 0. The predicted molar refractivity (Wildman–Crippen MR) is 62.0 cm³/mol. The van der Waals surface area contributed by atoms with E-state index in [0.29, 0.717) is 6.54 Å². The third-order valence-corrected chi connectivity index (χ3v) is 2.45. The zero-order valence-corrected chi connectivity index (χ0v) is 9.55. The van der Waals surface area contributed by atoms with Crippen molar-refractivity contribution in [3.05, 3.63) is 40.0 Å². The van der Waals surface area contributed by atoms with Crippen molar-refractivity contribution < 1.29 is 0 Å². The van der Waals surface area contributed by atoms with Gasteiger partial charge in [0.1, 0.15) is 0 Å². The van der Waals surface area contributed by atoms with Gasteiger partial charge in [-0.3, -0.25) is 4.98 Å². The molecule has 2 rings (SSSR count). The van der Waals surface area contributed by atoms with Gasteiger partial charge in [-0.25, -0.2) is 4.68 Å². The van der Waals surface area contributed by atoms with Gasteiger partial charge in [0.2, 0.25) is 0 Å². The van der Waals surface area contributed by atoms with Crippen LogP contribution in [0.5, 0.6) is 0 Å². The Balaban J connectivity index is 2.50. The molecule has 2 N–H and O–H groups in total. The Morgan fingerprint density at radius 3 is 2.93 bits per heavy atom. The van der Waals surface area contributed by atoms with Gasteiger partial charge < -0.3 is 5.73 Å². The highest BCUT2D eigenvalue weighted by molar-refractivity contribution is 14.1. The smallest absolute Gasteiger partial charge is 0.0721 e. The molecule has 0 unspecified atom stereocenters. The maximum absolute atomic E-state index is 5.61. The molecule has 0 saturated heterocycles. The van der Waals surface area contributed by atoms with Gasteiger partial charge in [-0.2, -0.15) is 5.10 Å². The monoisotopic (exact) mass is 300 g/mol. The molecule has 0 aromatic carbocycles. The van der Waals surface area contributed by atoms with Crippen molar-refractivity contribution in [2.24, 2.45) is 5.73 Å². The van der Waals surface area contributed by atoms with Gasteiger partial charge in [-0.05, 0) is 28.7 Å². The minimum Gasteiger partial charge on any atom is -0.326 e. The van der Waals surface area contributed by atoms with Crippen LogP contribution in [0.3, 0.4) is 0 Å². The van der Waals surface area contributed by atoms with Crippen molar-refractivity contribution in [2.75, 3.05) is 0 Å². The molecule has 4 nitrogen and oxygen atoms in total. The van der Waals surface area contributed by atoms with E-state index in [1.165, 1.54) is 0 Å². The van der Waals surface area contributed by atoms with Gasteiger partial charge in [-0.1, -0.05) is 0 Å². The molecule has 0 saturated carbocycles. The Kier molecular flexibility index (Phi) is 2.78. The number of nitrogens with zero attached hydrogens (tertiary/aromatic N) is 3. The van der Waals surface area contributed by atoms with Gasteiger partial charge in [-0.15, -0.1) is 0 Å². The predicted octanol–water partition coefficient (Wildman–Crippen LogP) is 1.33. The standard InChI is InChI=1S/C9H9IN4/c10-8-5-13-14(6-8)9-1-2-12-4-7(9)3-11/h1-2,4-6H,3,11H2. The highest BCUT2D eigenvalue weighted by atomic mass is 127. The first-order valence-corrected chi connectivity index (χ1v) is 5.22. The Morgan fingerprint density at radius 1 is 1.43 bits per heavy atom. The van der Waals surface area contributed by atoms with Crippen molar-refractivity contribution >= 4 is 22.6 Å². The van der Waals surface area contributed by atoms with Gasteiger partial charge in [0.05, 0.1) is 15.5 Å². The molecule has 0 aliphatic carbocycles. The maximum atomic E-state index is 5.61. The molecule has 2 heterocycles. The lowest BCUT2D eigenvalue weighted by molar-refractivity contribution is 0.853. The Bertz CT molecular complexity index is 438. The van der Waals surface area contributed by atoms with E-state index in [9.17, 15) is 0 Å². The van der Waals surface area contributed by atoms with Crippen LogP contribution in [0.2, 0.25) is 0 Å². The highest BCUT2D eigenvalue weighted by Crippen LogP contribution is 2.13. The van der Waals surface area contributed by atoms with Crippen LogP contribution < -0.4 is 5.73 Å². The van der Waals surface area contributed by atoms with Gasteiger partial charge in [0.25, 0.3) is 0 Å². The molecular formula is C9H9IN4. The molecule has 2 aromatic rings. The second kappa shape index (κ2) is 4.05. The molecule has 0 aliphatic heterocycles. The topological polar surface area (TPSA) is 56.7 Å². The number of hydrogen-bond donors (Lipinski definition) is 1. The van der Waals surface area contributed by atoms with E-state index in [1.807, 2.05) is 16.9 Å². The molecule has 0 radical (unpaired) electrons. The second-order valence-corrected chi connectivity index (χ2v) is 4.06. The Hall–Kier alpha value is -0.950. The van der Waals surface area contributed by atoms with E-state index in [1.54, 1.807) is 18.6 Å². The van der Waals surface area contributed by atoms with Crippen molar-refractivity contribution in [1.82, 2.24) is 14.8 Å². The molecular weight excluding hydrogens is 291 g/mol. The number of rotatable bonds is 2. The highest BCUT2D eigenvalue weighted by Gasteiger charge is 2.03.